The van der Waals surface area contributed by atoms with Gasteiger partial charge in [0.1, 0.15) is 0 Å². The highest BCUT2D eigenvalue weighted by atomic mass is 79.9. The lowest BCUT2D eigenvalue weighted by Gasteiger charge is -2.38. The number of aliphatic hydroxyl groups is 1. The number of likely N-dealkylation sites (tertiary alicyclic amines) is 1. The van der Waals surface area contributed by atoms with Crippen LogP contribution >= 0.6 is 15.9 Å². The van der Waals surface area contributed by atoms with E-state index in [0.717, 1.165) is 53.8 Å². The minimum Gasteiger partial charge on any atom is -0.493 e. The van der Waals surface area contributed by atoms with Crippen LogP contribution < -0.4 is 14.2 Å². The van der Waals surface area contributed by atoms with Crippen LogP contribution in [-0.4, -0.2) is 37.0 Å². The maximum atomic E-state index is 11.0. The van der Waals surface area contributed by atoms with Crippen molar-refractivity contribution in [1.82, 2.24) is 4.90 Å². The zero-order valence-corrected chi connectivity index (χ0v) is 16.3. The summed E-state index contributed by atoms with van der Waals surface area (Å²) in [4.78, 5) is 2.35. The molecule has 6 heteroatoms. The standard InChI is InChI=1S/C20H22BrNO4/c1-24-17-10-14(11-18-19(17)26-13-25-18)12-22-8-6-20(23,7-9-22)15-2-4-16(21)5-3-15/h2-5,10-11,23H,6-9,12-13H2,1H3. The lowest BCUT2D eigenvalue weighted by atomic mass is 9.84. The van der Waals surface area contributed by atoms with E-state index in [4.69, 9.17) is 14.2 Å². The molecule has 0 unspecified atom stereocenters. The van der Waals surface area contributed by atoms with Crippen LogP contribution in [0.2, 0.25) is 0 Å². The highest BCUT2D eigenvalue weighted by Gasteiger charge is 2.34. The van der Waals surface area contributed by atoms with Crippen molar-refractivity contribution in [2.24, 2.45) is 0 Å². The van der Waals surface area contributed by atoms with Crippen molar-refractivity contribution in [3.63, 3.8) is 0 Å². The third kappa shape index (κ3) is 3.41. The largest absolute Gasteiger partial charge is 0.493 e. The fourth-order valence-corrected chi connectivity index (χ4v) is 3.93. The second kappa shape index (κ2) is 7.10. The van der Waals surface area contributed by atoms with Gasteiger partial charge in [-0.15, -0.1) is 0 Å². The highest BCUT2D eigenvalue weighted by Crippen LogP contribution is 2.42. The van der Waals surface area contributed by atoms with Crippen molar-refractivity contribution in [3.05, 3.63) is 52.0 Å². The van der Waals surface area contributed by atoms with Gasteiger partial charge >= 0.3 is 0 Å². The van der Waals surface area contributed by atoms with Crippen molar-refractivity contribution in [2.45, 2.75) is 25.0 Å². The number of benzene rings is 2. The molecule has 2 aliphatic rings. The number of ether oxygens (including phenoxy) is 3. The van der Waals surface area contributed by atoms with Gasteiger partial charge in [-0.25, -0.2) is 0 Å². The lowest BCUT2D eigenvalue weighted by molar-refractivity contribution is -0.0277. The predicted octanol–water partition coefficient (Wildman–Crippen LogP) is 3.67. The van der Waals surface area contributed by atoms with E-state index in [9.17, 15) is 5.11 Å². The number of piperidine rings is 1. The SMILES string of the molecule is COc1cc(CN2CCC(O)(c3ccc(Br)cc3)CC2)cc2c1OCO2. The first kappa shape index (κ1) is 17.6. The molecule has 1 saturated heterocycles. The molecular weight excluding hydrogens is 398 g/mol. The van der Waals surface area contributed by atoms with Gasteiger partial charge < -0.3 is 19.3 Å². The Labute approximate surface area is 161 Å². The topological polar surface area (TPSA) is 51.2 Å². The molecule has 0 saturated carbocycles. The Morgan fingerprint density at radius 3 is 2.58 bits per heavy atom. The summed E-state index contributed by atoms with van der Waals surface area (Å²) in [6, 6.07) is 12.0. The molecule has 0 aliphatic carbocycles. The molecule has 26 heavy (non-hydrogen) atoms. The van der Waals surface area contributed by atoms with Gasteiger partial charge in [-0.05, 0) is 48.2 Å². The molecule has 0 bridgehead atoms. The van der Waals surface area contributed by atoms with Gasteiger partial charge in [-0.2, -0.15) is 0 Å². The second-order valence-electron chi connectivity index (χ2n) is 6.85. The fourth-order valence-electron chi connectivity index (χ4n) is 3.66. The molecule has 1 fully saturated rings. The molecular formula is C20H22BrNO4. The zero-order chi connectivity index (χ0) is 18.1. The number of hydrogen-bond acceptors (Lipinski definition) is 5. The molecule has 2 aliphatic heterocycles. The third-order valence-corrected chi connectivity index (χ3v) is 5.72. The van der Waals surface area contributed by atoms with Crippen molar-refractivity contribution in [2.75, 3.05) is 27.0 Å². The van der Waals surface area contributed by atoms with E-state index < -0.39 is 5.60 Å². The first-order chi connectivity index (χ1) is 12.6. The van der Waals surface area contributed by atoms with Crippen LogP contribution in [0.4, 0.5) is 0 Å². The number of halogens is 1. The number of fused-ring (bicyclic) bond motifs is 1. The molecule has 2 aromatic carbocycles. The fraction of sp³-hybridized carbons (Fsp3) is 0.400. The van der Waals surface area contributed by atoms with Crippen LogP contribution in [0.1, 0.15) is 24.0 Å². The van der Waals surface area contributed by atoms with Crippen LogP contribution in [-0.2, 0) is 12.1 Å². The number of rotatable bonds is 4. The van der Waals surface area contributed by atoms with Gasteiger partial charge in [0.25, 0.3) is 0 Å². The maximum absolute atomic E-state index is 11.0. The second-order valence-corrected chi connectivity index (χ2v) is 7.76. The van der Waals surface area contributed by atoms with Gasteiger partial charge in [0.15, 0.2) is 11.5 Å². The van der Waals surface area contributed by atoms with Crippen molar-refractivity contribution in [1.29, 1.82) is 0 Å². The molecule has 0 atom stereocenters. The average molecular weight is 420 g/mol. The van der Waals surface area contributed by atoms with E-state index in [2.05, 4.69) is 20.8 Å². The number of nitrogens with zero attached hydrogens (tertiary/aromatic N) is 1. The summed E-state index contributed by atoms with van der Waals surface area (Å²) in [6.45, 7) is 2.70. The molecule has 2 heterocycles. The Morgan fingerprint density at radius 2 is 1.88 bits per heavy atom. The molecule has 0 amide bonds. The Morgan fingerprint density at radius 1 is 1.15 bits per heavy atom. The molecule has 0 radical (unpaired) electrons. The predicted molar refractivity (Wildman–Crippen MR) is 102 cm³/mol. The molecule has 0 aromatic heterocycles. The Kier molecular flexibility index (Phi) is 4.82. The summed E-state index contributed by atoms with van der Waals surface area (Å²) in [7, 11) is 1.64. The van der Waals surface area contributed by atoms with Gasteiger partial charge in [-0.1, -0.05) is 28.1 Å². The number of hydrogen-bond donors (Lipinski definition) is 1. The molecule has 0 spiro atoms. The van der Waals surface area contributed by atoms with Gasteiger partial charge in [-0.3, -0.25) is 4.90 Å². The summed E-state index contributed by atoms with van der Waals surface area (Å²) in [5.41, 5.74) is 1.37. The van der Waals surface area contributed by atoms with Gasteiger partial charge in [0.05, 0.1) is 12.7 Å². The minimum absolute atomic E-state index is 0.235. The van der Waals surface area contributed by atoms with E-state index in [-0.39, 0.29) is 6.79 Å². The summed E-state index contributed by atoms with van der Waals surface area (Å²) in [6.07, 6.45) is 1.44. The Hall–Kier alpha value is -1.76. The third-order valence-electron chi connectivity index (χ3n) is 5.19. The quantitative estimate of drug-likeness (QED) is 0.818. The average Bonchev–Trinajstić information content (AvgIpc) is 3.12. The first-order valence-corrected chi connectivity index (χ1v) is 9.54. The van der Waals surface area contributed by atoms with E-state index in [1.165, 1.54) is 0 Å². The van der Waals surface area contributed by atoms with Crippen LogP contribution in [0.15, 0.2) is 40.9 Å². The molecule has 138 valence electrons. The van der Waals surface area contributed by atoms with Crippen LogP contribution in [0.5, 0.6) is 17.2 Å². The van der Waals surface area contributed by atoms with E-state index in [0.29, 0.717) is 11.5 Å². The summed E-state index contributed by atoms with van der Waals surface area (Å²) >= 11 is 3.45. The zero-order valence-electron chi connectivity index (χ0n) is 14.7. The highest BCUT2D eigenvalue weighted by molar-refractivity contribution is 9.10. The molecule has 1 N–H and O–H groups in total. The van der Waals surface area contributed by atoms with E-state index in [1.54, 1.807) is 7.11 Å². The normalized spacial score (nSPS) is 18.7. The van der Waals surface area contributed by atoms with Crippen LogP contribution in [0.3, 0.4) is 0 Å². The van der Waals surface area contributed by atoms with Crippen LogP contribution in [0.25, 0.3) is 0 Å². The van der Waals surface area contributed by atoms with Crippen molar-refractivity contribution in [3.8, 4) is 17.2 Å². The Bertz CT molecular complexity index is 785. The molecule has 5 nitrogen and oxygen atoms in total. The molecule has 4 rings (SSSR count). The lowest BCUT2D eigenvalue weighted by Crippen LogP contribution is -2.42. The first-order valence-electron chi connectivity index (χ1n) is 8.75. The summed E-state index contributed by atoms with van der Waals surface area (Å²) in [5, 5.41) is 11.0. The summed E-state index contributed by atoms with van der Waals surface area (Å²) in [5.74, 6) is 2.13. The number of methoxy groups -OCH3 is 1. The van der Waals surface area contributed by atoms with E-state index >= 15 is 0 Å². The molecule has 2 aromatic rings. The minimum atomic E-state index is -0.746. The van der Waals surface area contributed by atoms with Crippen molar-refractivity contribution >= 4 is 15.9 Å². The maximum Gasteiger partial charge on any atom is 0.231 e. The van der Waals surface area contributed by atoms with Gasteiger partial charge in [0.2, 0.25) is 12.5 Å². The van der Waals surface area contributed by atoms with E-state index in [1.807, 2.05) is 36.4 Å². The Balaban J connectivity index is 1.43. The van der Waals surface area contributed by atoms with Crippen LogP contribution in [0, 0.1) is 0 Å². The van der Waals surface area contributed by atoms with Gasteiger partial charge in [0, 0.05) is 24.1 Å². The smallest absolute Gasteiger partial charge is 0.231 e. The monoisotopic (exact) mass is 419 g/mol. The summed E-state index contributed by atoms with van der Waals surface area (Å²) < 4.78 is 17.4. The van der Waals surface area contributed by atoms with Crippen molar-refractivity contribution < 1.29 is 19.3 Å².